The zero-order valence-electron chi connectivity index (χ0n) is 11.8. The topological polar surface area (TPSA) is 35.5 Å². The van der Waals surface area contributed by atoms with Gasteiger partial charge in [-0.05, 0) is 29.8 Å². The van der Waals surface area contributed by atoms with Crippen LogP contribution in [0.1, 0.15) is 15.9 Å². The average molecular weight is 333 g/mol. The molecule has 0 atom stereocenters. The van der Waals surface area contributed by atoms with Crippen molar-refractivity contribution >= 4 is 35.2 Å². The van der Waals surface area contributed by atoms with Crippen molar-refractivity contribution in [3.8, 4) is 11.5 Å². The van der Waals surface area contributed by atoms with E-state index in [2.05, 4.69) is 0 Å². The van der Waals surface area contributed by atoms with Crippen LogP contribution >= 0.6 is 23.4 Å². The molecule has 0 N–H and O–H groups in total. The summed E-state index contributed by atoms with van der Waals surface area (Å²) >= 11 is 7.41. The molecule has 1 aliphatic rings. The fraction of sp³-hybridized carbons (Fsp3) is 0.118. The van der Waals surface area contributed by atoms with Gasteiger partial charge in [0.05, 0.1) is 17.6 Å². The lowest BCUT2D eigenvalue weighted by Gasteiger charge is -2.08. The van der Waals surface area contributed by atoms with Crippen LogP contribution in [0.3, 0.4) is 0 Å². The Morgan fingerprint density at radius 1 is 1.32 bits per heavy atom. The first-order valence-corrected chi connectivity index (χ1v) is 7.99. The maximum Gasteiger partial charge on any atom is 0.189 e. The molecule has 0 saturated carbocycles. The van der Waals surface area contributed by atoms with Crippen LogP contribution < -0.4 is 9.47 Å². The highest BCUT2D eigenvalue weighted by Gasteiger charge is 2.19. The van der Waals surface area contributed by atoms with Crippen LogP contribution in [0.25, 0.3) is 6.08 Å². The van der Waals surface area contributed by atoms with Gasteiger partial charge < -0.3 is 9.47 Å². The van der Waals surface area contributed by atoms with Gasteiger partial charge >= 0.3 is 0 Å². The number of halogens is 1. The lowest BCUT2D eigenvalue weighted by molar-refractivity contribution is 0.104. The molecule has 0 spiro atoms. The van der Waals surface area contributed by atoms with Crippen molar-refractivity contribution in [1.82, 2.24) is 0 Å². The molecule has 3 nitrogen and oxygen atoms in total. The van der Waals surface area contributed by atoms with Gasteiger partial charge in [0, 0.05) is 11.1 Å². The summed E-state index contributed by atoms with van der Waals surface area (Å²) in [5.41, 5.74) is 1.44. The predicted octanol–water partition coefficient (Wildman–Crippen LogP) is 4.69. The Morgan fingerprint density at radius 2 is 2.09 bits per heavy atom. The molecule has 0 radical (unpaired) electrons. The van der Waals surface area contributed by atoms with E-state index in [0.29, 0.717) is 22.3 Å². The third-order valence-corrected chi connectivity index (χ3v) is 4.38. The Kier molecular flexibility index (Phi) is 4.41. The molecule has 1 heterocycles. The predicted molar refractivity (Wildman–Crippen MR) is 89.2 cm³/mol. The number of rotatable bonds is 4. The largest absolute Gasteiger partial charge is 0.496 e. The number of allylic oxidation sites excluding steroid dienone is 1. The highest BCUT2D eigenvalue weighted by molar-refractivity contribution is 7.99. The zero-order valence-corrected chi connectivity index (χ0v) is 13.4. The van der Waals surface area contributed by atoms with E-state index in [-0.39, 0.29) is 5.78 Å². The van der Waals surface area contributed by atoms with Gasteiger partial charge in [0.25, 0.3) is 0 Å². The molecule has 0 saturated heterocycles. The van der Waals surface area contributed by atoms with Crippen molar-refractivity contribution in [3.63, 3.8) is 0 Å². The molecule has 3 rings (SSSR count). The normalized spacial score (nSPS) is 13.0. The van der Waals surface area contributed by atoms with Gasteiger partial charge in [-0.25, -0.2) is 0 Å². The molecule has 0 amide bonds. The highest BCUT2D eigenvalue weighted by Crippen LogP contribution is 2.40. The molecule has 2 aromatic rings. The molecule has 1 aliphatic heterocycles. The molecule has 22 heavy (non-hydrogen) atoms. The maximum absolute atomic E-state index is 12.4. The van der Waals surface area contributed by atoms with Crippen molar-refractivity contribution in [3.05, 3.63) is 58.6 Å². The summed E-state index contributed by atoms with van der Waals surface area (Å²) in [6.07, 6.45) is 3.29. The molecule has 0 bridgehead atoms. The number of methoxy groups -OCH3 is 1. The Bertz CT molecular complexity index is 738. The van der Waals surface area contributed by atoms with Gasteiger partial charge in [0.15, 0.2) is 5.78 Å². The van der Waals surface area contributed by atoms with Crippen molar-refractivity contribution in [2.45, 2.75) is 4.90 Å². The van der Waals surface area contributed by atoms with Crippen LogP contribution in [0.5, 0.6) is 11.5 Å². The molecular weight excluding hydrogens is 320 g/mol. The number of ketones is 1. The number of hydrogen-bond donors (Lipinski definition) is 0. The van der Waals surface area contributed by atoms with Crippen molar-refractivity contribution in [1.29, 1.82) is 0 Å². The summed E-state index contributed by atoms with van der Waals surface area (Å²) in [5, 5.41) is 0.667. The number of benzene rings is 2. The van der Waals surface area contributed by atoms with Crippen molar-refractivity contribution in [2.75, 3.05) is 13.0 Å². The van der Waals surface area contributed by atoms with Gasteiger partial charge in [-0.3, -0.25) is 4.79 Å². The number of thioether (sulfide) groups is 1. The minimum atomic E-state index is -0.109. The first kappa shape index (κ1) is 15.0. The number of carbonyl (C=O) groups excluding carboxylic acids is 1. The van der Waals surface area contributed by atoms with Crippen LogP contribution in [0.15, 0.2) is 47.4 Å². The smallest absolute Gasteiger partial charge is 0.189 e. The summed E-state index contributed by atoms with van der Waals surface area (Å²) in [4.78, 5) is 13.4. The van der Waals surface area contributed by atoms with E-state index in [0.717, 1.165) is 16.2 Å². The third-order valence-electron chi connectivity index (χ3n) is 3.26. The Morgan fingerprint density at radius 3 is 2.82 bits per heavy atom. The van der Waals surface area contributed by atoms with Gasteiger partial charge in [-0.1, -0.05) is 41.6 Å². The second-order valence-electron chi connectivity index (χ2n) is 4.65. The second-order valence-corrected chi connectivity index (χ2v) is 6.06. The van der Waals surface area contributed by atoms with Gasteiger partial charge in [0.2, 0.25) is 0 Å². The van der Waals surface area contributed by atoms with Crippen molar-refractivity contribution in [2.24, 2.45) is 0 Å². The molecular formula is C17H13ClO3S. The molecule has 0 unspecified atom stereocenters. The van der Waals surface area contributed by atoms with Gasteiger partial charge in [0.1, 0.15) is 17.4 Å². The van der Waals surface area contributed by atoms with Crippen molar-refractivity contribution < 1.29 is 14.3 Å². The fourth-order valence-electron chi connectivity index (χ4n) is 2.12. The molecule has 112 valence electrons. The van der Waals surface area contributed by atoms with Gasteiger partial charge in [-0.15, -0.1) is 0 Å². The molecule has 0 fully saturated rings. The Balaban J connectivity index is 1.87. The lowest BCUT2D eigenvalue weighted by Crippen LogP contribution is -1.99. The molecule has 0 aliphatic carbocycles. The number of ether oxygens (including phenoxy) is 2. The molecule has 2 aromatic carbocycles. The summed E-state index contributed by atoms with van der Waals surface area (Å²) in [7, 11) is 1.55. The standard InChI is InChI=1S/C17H13ClO3S/c1-20-15-9-16-17(22-10-21-16)8-13(15)14(19)7-4-11-2-5-12(18)6-3-11/h2-9H,10H2,1H3. The van der Waals surface area contributed by atoms with Crippen LogP contribution in [-0.2, 0) is 0 Å². The first-order chi connectivity index (χ1) is 10.7. The minimum Gasteiger partial charge on any atom is -0.496 e. The summed E-state index contributed by atoms with van der Waals surface area (Å²) in [6, 6.07) is 10.9. The average Bonchev–Trinajstić information content (AvgIpc) is 3.00. The fourth-order valence-corrected chi connectivity index (χ4v) is 3.02. The summed E-state index contributed by atoms with van der Waals surface area (Å²) in [6.45, 7) is 0. The number of fused-ring (bicyclic) bond motifs is 1. The van der Waals surface area contributed by atoms with Crippen LogP contribution in [0.4, 0.5) is 0 Å². The van der Waals surface area contributed by atoms with Crippen LogP contribution in [-0.4, -0.2) is 18.8 Å². The SMILES string of the molecule is COc1cc2c(cc1C(=O)C=Cc1ccc(Cl)cc1)SCO2. The van der Waals surface area contributed by atoms with E-state index in [9.17, 15) is 4.79 Å². The lowest BCUT2D eigenvalue weighted by atomic mass is 10.1. The monoisotopic (exact) mass is 332 g/mol. The van der Waals surface area contributed by atoms with Crippen LogP contribution in [0.2, 0.25) is 5.02 Å². The molecule has 5 heteroatoms. The first-order valence-electron chi connectivity index (χ1n) is 6.63. The van der Waals surface area contributed by atoms with E-state index in [1.807, 2.05) is 18.2 Å². The Hall–Kier alpha value is -1.91. The Labute approximate surface area is 137 Å². The molecule has 0 aromatic heterocycles. The maximum atomic E-state index is 12.4. The summed E-state index contributed by atoms with van der Waals surface area (Å²) in [5.74, 6) is 1.74. The van der Waals surface area contributed by atoms with E-state index < -0.39 is 0 Å². The highest BCUT2D eigenvalue weighted by atomic mass is 35.5. The van der Waals surface area contributed by atoms with Crippen LogP contribution in [0, 0.1) is 0 Å². The number of carbonyl (C=O) groups is 1. The van der Waals surface area contributed by atoms with E-state index >= 15 is 0 Å². The number of hydrogen-bond acceptors (Lipinski definition) is 4. The van der Waals surface area contributed by atoms with E-state index in [1.54, 1.807) is 43.1 Å². The third kappa shape index (κ3) is 3.13. The van der Waals surface area contributed by atoms with E-state index in [4.69, 9.17) is 21.1 Å². The summed E-state index contributed by atoms with van der Waals surface area (Å²) < 4.78 is 10.8. The second kappa shape index (κ2) is 6.46. The minimum absolute atomic E-state index is 0.109. The quantitative estimate of drug-likeness (QED) is 0.601. The van der Waals surface area contributed by atoms with E-state index in [1.165, 1.54) is 6.08 Å². The zero-order chi connectivity index (χ0) is 15.5. The van der Waals surface area contributed by atoms with Gasteiger partial charge in [-0.2, -0.15) is 0 Å².